The Labute approximate surface area is 173 Å². The molecule has 0 spiro atoms. The molecule has 29 heavy (non-hydrogen) atoms. The van der Waals surface area contributed by atoms with Gasteiger partial charge in [0.1, 0.15) is 5.75 Å². The number of rotatable bonds is 11. The highest BCUT2D eigenvalue weighted by atomic mass is 16.5. The van der Waals surface area contributed by atoms with E-state index in [-0.39, 0.29) is 0 Å². The van der Waals surface area contributed by atoms with E-state index in [2.05, 4.69) is 23.1 Å². The SMILES string of the molecule is COc1cccc(CN(Cc2ccccc2)CC(O)COCc2ccccc2)c1. The van der Waals surface area contributed by atoms with Crippen LogP contribution in [-0.2, 0) is 24.4 Å². The zero-order chi connectivity index (χ0) is 20.3. The minimum Gasteiger partial charge on any atom is -0.497 e. The molecule has 3 aromatic carbocycles. The summed E-state index contributed by atoms with van der Waals surface area (Å²) in [6.07, 6.45) is -0.562. The number of nitrogens with zero attached hydrogens (tertiary/aromatic N) is 1. The molecular weight excluding hydrogens is 362 g/mol. The zero-order valence-corrected chi connectivity index (χ0v) is 16.9. The summed E-state index contributed by atoms with van der Waals surface area (Å²) >= 11 is 0. The summed E-state index contributed by atoms with van der Waals surface area (Å²) in [4.78, 5) is 2.24. The van der Waals surface area contributed by atoms with Crippen LogP contribution in [0, 0.1) is 0 Å². The summed E-state index contributed by atoms with van der Waals surface area (Å²) in [5, 5.41) is 10.6. The van der Waals surface area contributed by atoms with E-state index in [1.165, 1.54) is 5.56 Å². The normalized spacial score (nSPS) is 12.1. The summed E-state index contributed by atoms with van der Waals surface area (Å²) in [7, 11) is 1.68. The molecule has 152 valence electrons. The molecule has 3 aromatic rings. The predicted octanol–water partition coefficient (Wildman–Crippen LogP) is 4.28. The van der Waals surface area contributed by atoms with Crippen molar-refractivity contribution in [1.29, 1.82) is 0 Å². The first-order valence-corrected chi connectivity index (χ1v) is 9.92. The molecule has 4 heteroatoms. The van der Waals surface area contributed by atoms with Gasteiger partial charge in [-0.1, -0.05) is 72.8 Å². The number of hydrogen-bond donors (Lipinski definition) is 1. The predicted molar refractivity (Wildman–Crippen MR) is 116 cm³/mol. The van der Waals surface area contributed by atoms with Gasteiger partial charge in [-0.05, 0) is 28.8 Å². The highest BCUT2D eigenvalue weighted by Gasteiger charge is 2.14. The molecule has 0 aliphatic heterocycles. The third-order valence-corrected chi connectivity index (χ3v) is 4.68. The number of aliphatic hydroxyl groups is 1. The minimum absolute atomic E-state index is 0.304. The highest BCUT2D eigenvalue weighted by molar-refractivity contribution is 5.28. The molecule has 0 saturated carbocycles. The highest BCUT2D eigenvalue weighted by Crippen LogP contribution is 2.16. The summed E-state index contributed by atoms with van der Waals surface area (Å²) < 4.78 is 11.1. The van der Waals surface area contributed by atoms with Gasteiger partial charge in [-0.25, -0.2) is 0 Å². The van der Waals surface area contributed by atoms with Gasteiger partial charge in [0.2, 0.25) is 0 Å². The fraction of sp³-hybridized carbons (Fsp3) is 0.280. The lowest BCUT2D eigenvalue weighted by molar-refractivity contribution is 0.00712. The molecule has 0 amide bonds. The maximum Gasteiger partial charge on any atom is 0.119 e. The van der Waals surface area contributed by atoms with E-state index < -0.39 is 6.10 Å². The van der Waals surface area contributed by atoms with Crippen LogP contribution in [0.15, 0.2) is 84.9 Å². The molecule has 0 saturated heterocycles. The lowest BCUT2D eigenvalue weighted by atomic mass is 10.1. The first-order chi connectivity index (χ1) is 14.2. The molecule has 0 radical (unpaired) electrons. The number of aliphatic hydroxyl groups excluding tert-OH is 1. The Balaban J connectivity index is 1.59. The second-order valence-electron chi connectivity index (χ2n) is 7.16. The van der Waals surface area contributed by atoms with E-state index in [0.29, 0.717) is 19.8 Å². The van der Waals surface area contributed by atoms with Crippen molar-refractivity contribution in [2.24, 2.45) is 0 Å². The molecule has 0 fully saturated rings. The van der Waals surface area contributed by atoms with Crippen LogP contribution in [0.25, 0.3) is 0 Å². The standard InChI is InChI=1S/C25H29NO3/c1-28-25-14-8-13-23(15-25)17-26(16-21-9-4-2-5-10-21)18-24(27)20-29-19-22-11-6-3-7-12-22/h2-15,24,27H,16-20H2,1H3. The van der Waals surface area contributed by atoms with Crippen molar-refractivity contribution >= 4 is 0 Å². The second-order valence-corrected chi connectivity index (χ2v) is 7.16. The third kappa shape index (κ3) is 7.35. The number of methoxy groups -OCH3 is 1. The number of hydrogen-bond acceptors (Lipinski definition) is 4. The lowest BCUT2D eigenvalue weighted by Crippen LogP contribution is -2.34. The van der Waals surface area contributed by atoms with Gasteiger partial charge in [-0.2, -0.15) is 0 Å². The monoisotopic (exact) mass is 391 g/mol. The molecular formula is C25H29NO3. The van der Waals surface area contributed by atoms with E-state index in [1.54, 1.807) is 7.11 Å². The Bertz CT molecular complexity index is 839. The van der Waals surface area contributed by atoms with Crippen molar-refractivity contribution in [2.45, 2.75) is 25.8 Å². The van der Waals surface area contributed by atoms with Crippen molar-refractivity contribution in [3.05, 3.63) is 102 Å². The summed E-state index contributed by atoms with van der Waals surface area (Å²) in [5.74, 6) is 0.842. The molecule has 4 nitrogen and oxygen atoms in total. The van der Waals surface area contributed by atoms with Crippen molar-refractivity contribution in [2.75, 3.05) is 20.3 Å². The van der Waals surface area contributed by atoms with E-state index in [0.717, 1.165) is 30.0 Å². The fourth-order valence-corrected chi connectivity index (χ4v) is 3.29. The van der Waals surface area contributed by atoms with Crippen LogP contribution < -0.4 is 4.74 Å². The van der Waals surface area contributed by atoms with Crippen LogP contribution in [0.2, 0.25) is 0 Å². The van der Waals surface area contributed by atoms with E-state index in [4.69, 9.17) is 9.47 Å². The number of ether oxygens (including phenoxy) is 2. The molecule has 0 heterocycles. The molecule has 3 rings (SSSR count). The van der Waals surface area contributed by atoms with Crippen LogP contribution >= 0.6 is 0 Å². The van der Waals surface area contributed by atoms with Crippen molar-refractivity contribution < 1.29 is 14.6 Å². The Morgan fingerprint density at radius 3 is 2.10 bits per heavy atom. The van der Waals surface area contributed by atoms with Gasteiger partial charge in [0, 0.05) is 19.6 Å². The summed E-state index contributed by atoms with van der Waals surface area (Å²) in [6.45, 7) is 2.82. The maximum atomic E-state index is 10.6. The fourth-order valence-electron chi connectivity index (χ4n) is 3.29. The average Bonchev–Trinajstić information content (AvgIpc) is 2.75. The van der Waals surface area contributed by atoms with Crippen LogP contribution in [0.4, 0.5) is 0 Å². The van der Waals surface area contributed by atoms with Crippen molar-refractivity contribution in [3.63, 3.8) is 0 Å². The molecule has 1 unspecified atom stereocenters. The zero-order valence-electron chi connectivity index (χ0n) is 16.9. The molecule has 1 N–H and O–H groups in total. The summed E-state index contributed by atoms with van der Waals surface area (Å²) in [6, 6.07) is 28.4. The van der Waals surface area contributed by atoms with Crippen molar-refractivity contribution in [3.8, 4) is 5.75 Å². The number of benzene rings is 3. The van der Waals surface area contributed by atoms with Crippen LogP contribution in [-0.4, -0.2) is 36.4 Å². The minimum atomic E-state index is -0.562. The van der Waals surface area contributed by atoms with Gasteiger partial charge in [0.05, 0.1) is 26.4 Å². The van der Waals surface area contributed by atoms with Gasteiger partial charge >= 0.3 is 0 Å². The molecule has 0 aliphatic carbocycles. The van der Waals surface area contributed by atoms with Gasteiger partial charge in [0.25, 0.3) is 0 Å². The Morgan fingerprint density at radius 1 is 0.793 bits per heavy atom. The first kappa shape index (κ1) is 21.1. The Kier molecular flexibility index (Phi) is 8.25. The first-order valence-electron chi connectivity index (χ1n) is 9.92. The molecule has 0 aromatic heterocycles. The van der Waals surface area contributed by atoms with Crippen molar-refractivity contribution in [1.82, 2.24) is 4.90 Å². The third-order valence-electron chi connectivity index (χ3n) is 4.68. The van der Waals surface area contributed by atoms with Gasteiger partial charge < -0.3 is 14.6 Å². The smallest absolute Gasteiger partial charge is 0.119 e. The second kappa shape index (κ2) is 11.4. The quantitative estimate of drug-likeness (QED) is 0.530. The van der Waals surface area contributed by atoms with Crippen LogP contribution in [0.5, 0.6) is 5.75 Å². The molecule has 0 bridgehead atoms. The van der Waals surface area contributed by atoms with Gasteiger partial charge in [-0.3, -0.25) is 4.90 Å². The van der Waals surface area contributed by atoms with Crippen LogP contribution in [0.1, 0.15) is 16.7 Å². The maximum absolute atomic E-state index is 10.6. The molecule has 1 atom stereocenters. The average molecular weight is 392 g/mol. The largest absolute Gasteiger partial charge is 0.497 e. The van der Waals surface area contributed by atoms with E-state index in [9.17, 15) is 5.11 Å². The topological polar surface area (TPSA) is 41.9 Å². The summed E-state index contributed by atoms with van der Waals surface area (Å²) in [5.41, 5.74) is 3.47. The van der Waals surface area contributed by atoms with Gasteiger partial charge in [-0.15, -0.1) is 0 Å². The van der Waals surface area contributed by atoms with E-state index in [1.807, 2.05) is 66.7 Å². The van der Waals surface area contributed by atoms with Gasteiger partial charge in [0.15, 0.2) is 0 Å². The lowest BCUT2D eigenvalue weighted by Gasteiger charge is -2.25. The van der Waals surface area contributed by atoms with E-state index >= 15 is 0 Å². The molecule has 0 aliphatic rings. The Hall–Kier alpha value is -2.66. The van der Waals surface area contributed by atoms with Crippen LogP contribution in [0.3, 0.4) is 0 Å². The Morgan fingerprint density at radius 2 is 1.41 bits per heavy atom.